The first-order chi connectivity index (χ1) is 11.7. The van der Waals surface area contributed by atoms with Crippen LogP contribution in [0.3, 0.4) is 0 Å². The Kier molecular flexibility index (Phi) is 6.75. The molecule has 5 heteroatoms. The molecule has 25 heavy (non-hydrogen) atoms. The molecule has 0 saturated carbocycles. The van der Waals surface area contributed by atoms with Crippen molar-refractivity contribution in [1.82, 2.24) is 0 Å². The number of para-hydroxylation sites is 4. The fraction of sp³-hybridized carbons (Fsp3) is 0.100. The van der Waals surface area contributed by atoms with E-state index in [9.17, 15) is 10.2 Å². The van der Waals surface area contributed by atoms with Crippen LogP contribution in [0.1, 0.15) is 11.1 Å². The van der Waals surface area contributed by atoms with E-state index in [0.717, 1.165) is 22.5 Å². The molecule has 128 valence electrons. The van der Waals surface area contributed by atoms with Crippen LogP contribution in [0.2, 0.25) is 0 Å². The van der Waals surface area contributed by atoms with Crippen LogP contribution in [0.25, 0.3) is 10.6 Å². The second-order valence-corrected chi connectivity index (χ2v) is 5.38. The van der Waals surface area contributed by atoms with E-state index in [1.807, 2.05) is 48.5 Å². The fourth-order valence-corrected chi connectivity index (χ4v) is 2.36. The maximum absolute atomic E-state index is 9.83. The van der Waals surface area contributed by atoms with Gasteiger partial charge < -0.3 is 20.8 Å². The second kappa shape index (κ2) is 9.02. The Balaban J connectivity index is 0.00000225. The Morgan fingerprint density at radius 2 is 0.920 bits per heavy atom. The van der Waals surface area contributed by atoms with Gasteiger partial charge in [0.2, 0.25) is 0 Å². The minimum atomic E-state index is 0. The summed E-state index contributed by atoms with van der Waals surface area (Å²) in [5, 5.41) is 28.8. The van der Waals surface area contributed by atoms with Gasteiger partial charge in [-0.1, -0.05) is 60.7 Å². The van der Waals surface area contributed by atoms with Gasteiger partial charge in [0.05, 0.1) is 0 Å². The molecule has 0 atom stereocenters. The predicted octanol–water partition coefficient (Wildman–Crippen LogP) is 5.51. The molecule has 3 aromatic carbocycles. The summed E-state index contributed by atoms with van der Waals surface area (Å²) in [5.74, 6) is 0.481. The first kappa shape index (κ1) is 18.7. The molecule has 0 fully saturated rings. The van der Waals surface area contributed by atoms with Crippen molar-refractivity contribution in [3.05, 3.63) is 94.6 Å². The summed E-state index contributed by atoms with van der Waals surface area (Å²) < 4.78 is 0. The van der Waals surface area contributed by atoms with Crippen molar-refractivity contribution < 1.29 is 27.3 Å². The third kappa shape index (κ3) is 4.92. The molecule has 0 aliphatic carbocycles. The van der Waals surface area contributed by atoms with E-state index in [1.165, 1.54) is 0 Å². The molecule has 0 heterocycles. The average Bonchev–Trinajstić information content (AvgIpc) is 2.61. The monoisotopic (exact) mass is 374 g/mol. The van der Waals surface area contributed by atoms with Crippen LogP contribution in [-0.2, 0) is 30.2 Å². The van der Waals surface area contributed by atoms with Gasteiger partial charge in [-0.25, -0.2) is 0 Å². The number of aromatic hydroxyl groups is 2. The average molecular weight is 374 g/mol. The quantitative estimate of drug-likeness (QED) is 0.559. The van der Waals surface area contributed by atoms with Gasteiger partial charge >= 0.3 is 17.1 Å². The predicted molar refractivity (Wildman–Crippen MR) is 96.1 cm³/mol. The molecule has 4 nitrogen and oxygen atoms in total. The zero-order valence-electron chi connectivity index (χ0n) is 13.5. The van der Waals surface area contributed by atoms with Crippen LogP contribution in [0, 0.1) is 0 Å². The Labute approximate surface area is 158 Å². The molecule has 0 unspecified atom stereocenters. The van der Waals surface area contributed by atoms with Crippen LogP contribution >= 0.6 is 0 Å². The van der Waals surface area contributed by atoms with Crippen molar-refractivity contribution in [2.24, 2.45) is 0 Å². The van der Waals surface area contributed by atoms with Crippen LogP contribution in [0.4, 0.5) is 11.4 Å². The second-order valence-electron chi connectivity index (χ2n) is 5.38. The van der Waals surface area contributed by atoms with E-state index in [0.29, 0.717) is 13.1 Å². The summed E-state index contributed by atoms with van der Waals surface area (Å²) in [5.41, 5.74) is 3.06. The van der Waals surface area contributed by atoms with Gasteiger partial charge in [-0.15, -0.1) is 13.1 Å². The van der Waals surface area contributed by atoms with Gasteiger partial charge in [0.15, 0.2) is 0 Å². The maximum Gasteiger partial charge on any atom is 2.00 e. The molecule has 0 saturated heterocycles. The van der Waals surface area contributed by atoms with Crippen LogP contribution < -0.4 is 0 Å². The molecule has 0 amide bonds. The molecular formula is C20H18FeN2O2. The van der Waals surface area contributed by atoms with Gasteiger partial charge in [0.1, 0.15) is 11.5 Å². The molecule has 3 rings (SSSR count). The van der Waals surface area contributed by atoms with Crippen molar-refractivity contribution in [2.75, 3.05) is 0 Å². The van der Waals surface area contributed by atoms with Gasteiger partial charge in [0, 0.05) is 0 Å². The van der Waals surface area contributed by atoms with Gasteiger partial charge in [-0.2, -0.15) is 11.4 Å². The Morgan fingerprint density at radius 3 is 1.32 bits per heavy atom. The van der Waals surface area contributed by atoms with Gasteiger partial charge in [-0.05, 0) is 23.3 Å². The van der Waals surface area contributed by atoms with E-state index in [1.54, 1.807) is 24.3 Å². The topological polar surface area (TPSA) is 68.7 Å². The Hall–Kier alpha value is -2.62. The fourth-order valence-electron chi connectivity index (χ4n) is 2.36. The van der Waals surface area contributed by atoms with E-state index in [2.05, 4.69) is 10.6 Å². The van der Waals surface area contributed by atoms with Crippen LogP contribution in [-0.4, -0.2) is 10.2 Å². The number of phenolic OH excluding ortho intramolecular Hbond substituents is 2. The SMILES string of the molecule is Oc1ccccc1C[N-]c1ccccc1[N-]Cc1ccccc1O.[Fe+2]. The van der Waals surface area contributed by atoms with Crippen LogP contribution in [0.15, 0.2) is 72.8 Å². The molecular weight excluding hydrogens is 356 g/mol. The van der Waals surface area contributed by atoms with Crippen molar-refractivity contribution >= 4 is 11.4 Å². The van der Waals surface area contributed by atoms with E-state index in [4.69, 9.17) is 0 Å². The number of benzene rings is 3. The molecule has 0 spiro atoms. The zero-order chi connectivity index (χ0) is 16.8. The van der Waals surface area contributed by atoms with Gasteiger partial charge in [-0.3, -0.25) is 0 Å². The maximum atomic E-state index is 9.83. The summed E-state index contributed by atoms with van der Waals surface area (Å²) in [7, 11) is 0. The molecule has 2 N–H and O–H groups in total. The first-order valence-corrected chi connectivity index (χ1v) is 7.72. The van der Waals surface area contributed by atoms with Crippen molar-refractivity contribution in [1.29, 1.82) is 0 Å². The Bertz CT molecular complexity index is 756. The largest absolute Gasteiger partial charge is 2.00 e. The molecule has 0 bridgehead atoms. The molecule has 0 aliphatic rings. The van der Waals surface area contributed by atoms with E-state index < -0.39 is 0 Å². The molecule has 0 radical (unpaired) electrons. The molecule has 3 aromatic rings. The molecule has 0 aliphatic heterocycles. The third-order valence-electron chi connectivity index (χ3n) is 3.70. The minimum Gasteiger partial charge on any atom is -0.682 e. The standard InChI is InChI=1S/C20H18N2O2.Fe/c23-19-11-5-1-7-15(19)13-21-17-9-3-4-10-18(17)22-14-16-8-2-6-12-20(16)24;/h1-12,23-24H,13-14H2;/q-2;+2. The van der Waals surface area contributed by atoms with Crippen LogP contribution in [0.5, 0.6) is 11.5 Å². The normalized spacial score (nSPS) is 9.92. The van der Waals surface area contributed by atoms with Crippen molar-refractivity contribution in [3.63, 3.8) is 0 Å². The van der Waals surface area contributed by atoms with Gasteiger partial charge in [0.25, 0.3) is 0 Å². The summed E-state index contributed by atoms with van der Waals surface area (Å²) in [6.07, 6.45) is 0. The summed E-state index contributed by atoms with van der Waals surface area (Å²) in [6.45, 7) is 0.769. The minimum absolute atomic E-state index is 0. The Morgan fingerprint density at radius 1 is 0.560 bits per heavy atom. The number of phenols is 2. The summed E-state index contributed by atoms with van der Waals surface area (Å²) in [6, 6.07) is 21.9. The van der Waals surface area contributed by atoms with Crippen molar-refractivity contribution in [2.45, 2.75) is 13.1 Å². The number of hydrogen-bond donors (Lipinski definition) is 2. The third-order valence-corrected chi connectivity index (χ3v) is 3.70. The number of rotatable bonds is 6. The van der Waals surface area contributed by atoms with E-state index >= 15 is 0 Å². The van der Waals surface area contributed by atoms with Crippen molar-refractivity contribution in [3.8, 4) is 11.5 Å². The van der Waals surface area contributed by atoms with E-state index in [-0.39, 0.29) is 28.6 Å². The number of hydrogen-bond acceptors (Lipinski definition) is 2. The smallest absolute Gasteiger partial charge is 0.682 e. The number of nitrogens with zero attached hydrogens (tertiary/aromatic N) is 2. The molecule has 0 aromatic heterocycles. The first-order valence-electron chi connectivity index (χ1n) is 7.72. The zero-order valence-corrected chi connectivity index (χ0v) is 14.6. The summed E-state index contributed by atoms with van der Waals surface area (Å²) >= 11 is 0. The summed E-state index contributed by atoms with van der Waals surface area (Å²) in [4.78, 5) is 0.